The van der Waals surface area contributed by atoms with Crippen LogP contribution in [0.5, 0.6) is 46.0 Å². The van der Waals surface area contributed by atoms with Crippen molar-refractivity contribution in [3.05, 3.63) is 238 Å². The smallest absolute Gasteiger partial charge is 0.247 e. The lowest BCUT2D eigenvalue weighted by Crippen LogP contribution is -2.11. The number of halogens is 8. The number of hydrogen-bond donors (Lipinski definition) is 7. The van der Waals surface area contributed by atoms with Crippen molar-refractivity contribution >= 4 is 217 Å². The summed E-state index contributed by atoms with van der Waals surface area (Å²) < 4.78 is 60.3. The summed E-state index contributed by atoms with van der Waals surface area (Å²) in [5, 5.41) is 31.2. The molecule has 37 nitrogen and oxygen atoms in total. The van der Waals surface area contributed by atoms with Crippen molar-refractivity contribution in [2.45, 2.75) is 13.1 Å². The minimum absolute atomic E-state index is 0.302. The molecule has 0 saturated carbocycles. The lowest BCUT2D eigenvalue weighted by Gasteiger charge is -2.14. The van der Waals surface area contributed by atoms with E-state index in [1.54, 1.807) is 140 Å². The zero-order valence-electron chi connectivity index (χ0n) is 77.2. The predicted molar refractivity (Wildman–Crippen MR) is 551 cm³/mol. The van der Waals surface area contributed by atoms with Crippen LogP contribution in [0.1, 0.15) is 0 Å². The van der Waals surface area contributed by atoms with Crippen molar-refractivity contribution in [1.82, 2.24) is 78.3 Å². The van der Waals surface area contributed by atoms with E-state index in [0.717, 1.165) is 16.2 Å². The minimum Gasteiger partial charge on any atom is -0.495 e. The van der Waals surface area contributed by atoms with Crippen LogP contribution in [-0.4, -0.2) is 186 Å². The van der Waals surface area contributed by atoms with Crippen molar-refractivity contribution in [3.63, 3.8) is 0 Å². The Bertz CT molecular complexity index is 7180. The molecule has 0 aliphatic rings. The molecule has 0 aliphatic heterocycles. The highest BCUT2D eigenvalue weighted by Gasteiger charge is 2.28. The van der Waals surface area contributed by atoms with Gasteiger partial charge in [0.25, 0.3) is 0 Å². The Kier molecular flexibility index (Phi) is 34.4. The number of nitrogens with one attached hydrogen (secondary N) is 7. The third-order valence-electron chi connectivity index (χ3n) is 20.8. The number of benzene rings is 4. The number of methoxy groups -OCH3 is 10. The van der Waals surface area contributed by atoms with Crippen LogP contribution in [0.3, 0.4) is 0 Å². The molecule has 7 N–H and O–H groups in total. The summed E-state index contributed by atoms with van der Waals surface area (Å²) in [5.74, 6) is 3.56. The number of aromatic nitrogens is 16. The first-order valence-corrected chi connectivity index (χ1v) is 44.7. The number of carbonyl (C=O) groups is 4. The number of hydrogen-bond acceptors (Lipinski definition) is 29. The topological polar surface area (TPSA) is 419 Å². The molecule has 45 heteroatoms. The summed E-state index contributed by atoms with van der Waals surface area (Å²) >= 11 is 52.3. The van der Waals surface area contributed by atoms with E-state index in [2.05, 4.69) is 123 Å². The first kappa shape index (κ1) is 103. The van der Waals surface area contributed by atoms with Gasteiger partial charge in [-0.3, -0.25) is 43.8 Å². The zero-order valence-corrected chi connectivity index (χ0v) is 83.3. The molecule has 141 heavy (non-hydrogen) atoms. The second-order valence-electron chi connectivity index (χ2n) is 29.7. The molecular weight excluding hydrogens is 1980 g/mol. The predicted octanol–water partition coefficient (Wildman–Crippen LogP) is 21.0. The Labute approximate surface area is 846 Å². The fourth-order valence-corrected chi connectivity index (χ4v) is 16.7. The van der Waals surface area contributed by atoms with Crippen LogP contribution in [0.4, 0.5) is 57.5 Å². The van der Waals surface area contributed by atoms with Gasteiger partial charge in [-0.2, -0.15) is 5.10 Å². The van der Waals surface area contributed by atoms with Gasteiger partial charge in [0.05, 0.1) is 221 Å². The van der Waals surface area contributed by atoms with Gasteiger partial charge in [0, 0.05) is 176 Å². The average molecular weight is 2070 g/mol. The van der Waals surface area contributed by atoms with Crippen LogP contribution in [-0.2, 0) is 55.8 Å². The molecule has 0 atom stereocenters. The normalized spacial score (nSPS) is 10.8. The third kappa shape index (κ3) is 23.7. The molecule has 0 unspecified atom stereocenters. The lowest BCUT2D eigenvalue weighted by atomic mass is 10.1. The number of pyridine rings is 5. The molecule has 4 amide bonds. The Morgan fingerprint density at radius 3 is 1.00 bits per heavy atom. The molecule has 12 heterocycles. The zero-order chi connectivity index (χ0) is 101. The Morgan fingerprint density at radius 2 is 0.624 bits per heavy atom. The van der Waals surface area contributed by atoms with Crippen molar-refractivity contribution in [2.75, 3.05) is 122 Å². The van der Waals surface area contributed by atoms with Gasteiger partial charge in [0.2, 0.25) is 35.5 Å². The molecule has 4 aromatic carbocycles. The van der Waals surface area contributed by atoms with Crippen molar-refractivity contribution in [1.29, 1.82) is 0 Å². The molecule has 16 rings (SSSR count). The maximum absolute atomic E-state index is 11.9. The summed E-state index contributed by atoms with van der Waals surface area (Å²) in [6, 6.07) is 15.5. The molecule has 0 radical (unpaired) electrons. The number of carbonyl (C=O) groups excluding carboxylic acids is 4. The Hall–Kier alpha value is -15.2. The molecular formula is C96H87Cl8N23O14. The second-order valence-corrected chi connectivity index (χ2v) is 32.7. The maximum Gasteiger partial charge on any atom is 0.247 e. The maximum atomic E-state index is 11.9. The average Bonchev–Trinajstić information content (AvgIpc) is 1.41. The van der Waals surface area contributed by atoms with E-state index in [-0.39, 0.29) is 23.6 Å². The molecule has 726 valence electrons. The van der Waals surface area contributed by atoms with Gasteiger partial charge in [-0.1, -0.05) is 119 Å². The number of ether oxygens (including phenoxy) is 10. The van der Waals surface area contributed by atoms with E-state index in [1.165, 1.54) is 87.4 Å². The van der Waals surface area contributed by atoms with Gasteiger partial charge in [-0.25, -0.2) is 34.9 Å². The second kappa shape index (κ2) is 47.0. The lowest BCUT2D eigenvalue weighted by molar-refractivity contribution is -0.112. The fraction of sp³-hybridized carbons (Fsp3) is 0.167. The fourth-order valence-electron chi connectivity index (χ4n) is 13.9. The molecule has 0 bridgehead atoms. The van der Waals surface area contributed by atoms with Crippen molar-refractivity contribution in [2.24, 2.45) is 14.1 Å². The van der Waals surface area contributed by atoms with Crippen molar-refractivity contribution < 1.29 is 66.5 Å². The van der Waals surface area contributed by atoms with E-state index in [1.807, 2.05) is 47.8 Å². The van der Waals surface area contributed by atoms with Crippen molar-refractivity contribution in [3.8, 4) is 103 Å². The SMILES string of the molecule is C=CC(=O)Nc1cn(C)cc1Nc1cc2cnc(-c3c(Cl)c(OC)cc(OC)c3Cl)cc2cn1.C=CC(=O)Nc1cn(C)cc1Nc1ncc2cc(-c3c(Cl)c(OC)cc(OC)c3Cl)ncc2n1.C=CC(=O)Nc1cn(CCOC)cc1Nc1ncc2cc(-c3c(Cl)c(OC)cc(OC)c3Cl)ncc2n1.C=CC(=O)Nc1cnn(CCOC)c1-c1ncc2cc(-c3c(Cl)c(OC)cc(OC)c3Cl)ncc2n1. The van der Waals surface area contributed by atoms with Gasteiger partial charge in [0.15, 0.2) is 5.82 Å². The number of amides is 4. The van der Waals surface area contributed by atoms with Crippen LogP contribution in [0, 0.1) is 0 Å². The third-order valence-corrected chi connectivity index (χ3v) is 23.8. The summed E-state index contributed by atoms with van der Waals surface area (Å²) in [6.45, 7) is 15.9. The number of nitrogens with zero attached hydrogens (tertiary/aromatic N) is 16. The molecule has 16 aromatic rings. The van der Waals surface area contributed by atoms with E-state index < -0.39 is 0 Å². The molecule has 0 spiro atoms. The summed E-state index contributed by atoms with van der Waals surface area (Å²) in [6.07, 6.45) is 30.3. The van der Waals surface area contributed by atoms with Gasteiger partial charge >= 0.3 is 0 Å². The molecule has 12 aromatic heterocycles. The van der Waals surface area contributed by atoms with E-state index >= 15 is 0 Å². The standard InChI is InChI=1S/C25H24Cl2N6O4.C24H22Cl2N6O4.C24H21Cl2N5O3.C23H20Cl2N6O3/c1-5-21(34)30-17-12-33(6-7-35-2)13-18(17)32-25-29-10-14-8-15(28-11-16(14)31-25)22-23(26)19(36-3)9-20(37-4)24(22)27;1-5-19(33)30-16-12-29-32(6-7-34-2)23(16)24-28-10-13-8-14(27-11-15(13)31-24)20-21(25)17(35-3)9-18(36-4)22(20)26;1-5-21(32)30-17-12-31(2)11-16(17)29-20-7-14-9-27-15(6-13(14)10-28-20)22-23(25)18(33-3)8-19(34-4)24(22)26;1-5-19(32)28-15-10-31(2)11-16(15)30-23-27-8-12-6-13(26-9-14(12)29-23)20-21(24)17(33-3)7-18(34-4)22(20)25/h5,8-13H,1,6-7H2,2-4H3,(H,30,34)(H,29,31,32);5,8-12H,1,6-7H2,2-4H3,(H,30,33);5-12H,1H2,2-4H3,(H,28,29)(H,30,32);5-11H,1H2,2-4H3,(H,28,32)(H,27,29,30). The van der Waals surface area contributed by atoms with E-state index in [4.69, 9.17) is 140 Å². The Morgan fingerprint density at radius 1 is 0.326 bits per heavy atom. The van der Waals surface area contributed by atoms with Gasteiger partial charge in [-0.15, -0.1) is 0 Å². The summed E-state index contributed by atoms with van der Waals surface area (Å²) in [4.78, 5) is 97.0. The summed E-state index contributed by atoms with van der Waals surface area (Å²) in [5.41, 5.74) is 10.4. The van der Waals surface area contributed by atoms with Crippen LogP contribution in [0.15, 0.2) is 198 Å². The molecule has 0 aliphatic carbocycles. The summed E-state index contributed by atoms with van der Waals surface area (Å²) in [7, 11) is 19.0. The number of rotatable bonds is 33. The minimum atomic E-state index is -0.378. The number of fused-ring (bicyclic) bond motifs is 4. The van der Waals surface area contributed by atoms with Gasteiger partial charge in [0.1, 0.15) is 57.5 Å². The molecule has 0 saturated heterocycles. The molecule has 0 fully saturated rings. The first-order chi connectivity index (χ1) is 68.0. The van der Waals surface area contributed by atoms with Gasteiger partial charge < -0.3 is 98.3 Å². The first-order valence-electron chi connectivity index (χ1n) is 41.6. The van der Waals surface area contributed by atoms with Gasteiger partial charge in [-0.05, 0) is 54.6 Å². The quantitative estimate of drug-likeness (QED) is 0.0188. The highest BCUT2D eigenvalue weighted by Crippen LogP contribution is 2.51. The van der Waals surface area contributed by atoms with E-state index in [0.29, 0.717) is 254 Å². The van der Waals surface area contributed by atoms with E-state index in [9.17, 15) is 19.2 Å². The monoisotopic (exact) mass is 2070 g/mol. The highest BCUT2D eigenvalue weighted by atomic mass is 35.5. The van der Waals surface area contributed by atoms with Crippen LogP contribution in [0.2, 0.25) is 40.2 Å². The Balaban J connectivity index is 0.000000158. The van der Waals surface area contributed by atoms with Crippen LogP contribution >= 0.6 is 92.8 Å². The number of anilines is 10. The number of aryl methyl sites for hydroxylation is 2. The largest absolute Gasteiger partial charge is 0.495 e. The van der Waals surface area contributed by atoms with Crippen LogP contribution < -0.4 is 75.1 Å². The highest BCUT2D eigenvalue weighted by molar-refractivity contribution is 6.43. The van der Waals surface area contributed by atoms with Crippen LogP contribution in [0.25, 0.3) is 100 Å².